The zero-order valence-electron chi connectivity index (χ0n) is 22.7. The summed E-state index contributed by atoms with van der Waals surface area (Å²) in [5, 5.41) is 24.1. The maximum atomic E-state index is 10.1. The van der Waals surface area contributed by atoms with Crippen molar-refractivity contribution in [1.82, 2.24) is 24.5 Å². The van der Waals surface area contributed by atoms with E-state index in [0.717, 1.165) is 54.3 Å². The summed E-state index contributed by atoms with van der Waals surface area (Å²) in [6.07, 6.45) is 14.5. The molecule has 9 heteroatoms. The zero-order valence-corrected chi connectivity index (χ0v) is 22.7. The van der Waals surface area contributed by atoms with Crippen LogP contribution in [0.1, 0.15) is 37.1 Å². The van der Waals surface area contributed by atoms with Gasteiger partial charge in [-0.1, -0.05) is 5.92 Å². The van der Waals surface area contributed by atoms with Gasteiger partial charge in [0, 0.05) is 72.9 Å². The first-order chi connectivity index (χ1) is 19.3. The third-order valence-corrected chi connectivity index (χ3v) is 7.64. The molecular weight excluding hydrogens is 502 g/mol. The van der Waals surface area contributed by atoms with Crippen LogP contribution >= 0.6 is 0 Å². The van der Waals surface area contributed by atoms with E-state index in [2.05, 4.69) is 31.9 Å². The zero-order chi connectivity index (χ0) is 27.9. The number of nitrogens with zero attached hydrogens (tertiary/aromatic N) is 7. The Hall–Kier alpha value is -4.44. The number of aromatic nitrogens is 4. The monoisotopic (exact) mass is 533 g/mol. The number of nitriles is 1. The van der Waals surface area contributed by atoms with E-state index in [1.54, 1.807) is 37.0 Å². The SMILES string of the molecule is C#Cc1ccc(CCN2C3CC2CN(c2ccc(-c4cc(OCC(C)(C)O)cn5ncc(C#N)c45)cn2)C3)nc1. The molecule has 0 spiro atoms. The predicted molar refractivity (Wildman–Crippen MR) is 152 cm³/mol. The Kier molecular flexibility index (Phi) is 6.63. The highest BCUT2D eigenvalue weighted by Gasteiger charge is 2.44. The lowest BCUT2D eigenvalue weighted by Gasteiger charge is -2.56. The molecule has 40 heavy (non-hydrogen) atoms. The highest BCUT2D eigenvalue weighted by atomic mass is 16.5. The van der Waals surface area contributed by atoms with E-state index in [1.807, 2.05) is 36.5 Å². The molecule has 7 heterocycles. The fourth-order valence-electron chi connectivity index (χ4n) is 5.61. The molecule has 0 aromatic carbocycles. The number of anilines is 1. The minimum atomic E-state index is -0.977. The van der Waals surface area contributed by atoms with E-state index in [1.165, 1.54) is 6.42 Å². The van der Waals surface area contributed by atoms with Crippen molar-refractivity contribution in [2.24, 2.45) is 0 Å². The number of aliphatic hydroxyl groups is 1. The Morgan fingerprint density at radius 3 is 2.60 bits per heavy atom. The molecule has 2 atom stereocenters. The number of terminal acetylenes is 1. The molecule has 2 bridgehead atoms. The maximum absolute atomic E-state index is 10.1. The number of ether oxygens (including phenoxy) is 1. The largest absolute Gasteiger partial charge is 0.489 e. The van der Waals surface area contributed by atoms with Crippen LogP contribution in [0, 0.1) is 23.7 Å². The second-order valence-electron chi connectivity index (χ2n) is 11.2. The van der Waals surface area contributed by atoms with Crippen LogP contribution < -0.4 is 9.64 Å². The molecule has 3 saturated heterocycles. The van der Waals surface area contributed by atoms with Crippen molar-refractivity contribution in [3.8, 4) is 35.3 Å². The van der Waals surface area contributed by atoms with E-state index in [-0.39, 0.29) is 6.61 Å². The normalized spacial score (nSPS) is 18.7. The highest BCUT2D eigenvalue weighted by molar-refractivity contribution is 5.85. The molecule has 0 radical (unpaired) electrons. The van der Waals surface area contributed by atoms with E-state index < -0.39 is 5.60 Å². The average molecular weight is 534 g/mol. The number of piperidine rings is 1. The van der Waals surface area contributed by atoms with Gasteiger partial charge in [-0.2, -0.15) is 10.4 Å². The number of piperazine rings is 1. The molecule has 202 valence electrons. The van der Waals surface area contributed by atoms with Gasteiger partial charge in [0.2, 0.25) is 0 Å². The lowest BCUT2D eigenvalue weighted by molar-refractivity contribution is 0.000136. The molecule has 0 saturated carbocycles. The summed E-state index contributed by atoms with van der Waals surface area (Å²) < 4.78 is 7.49. The van der Waals surface area contributed by atoms with Crippen LogP contribution in [0.25, 0.3) is 16.6 Å². The van der Waals surface area contributed by atoms with Gasteiger partial charge in [0.25, 0.3) is 0 Å². The van der Waals surface area contributed by atoms with E-state index in [0.29, 0.717) is 28.9 Å². The fourth-order valence-corrected chi connectivity index (χ4v) is 5.61. The lowest BCUT2D eigenvalue weighted by Crippen LogP contribution is -2.69. The second kappa shape index (κ2) is 10.3. The minimum absolute atomic E-state index is 0.129. The van der Waals surface area contributed by atoms with Crippen LogP contribution in [0.15, 0.2) is 55.1 Å². The second-order valence-corrected chi connectivity index (χ2v) is 11.2. The fraction of sp³-hybridized carbons (Fsp3) is 0.355. The van der Waals surface area contributed by atoms with Gasteiger partial charge >= 0.3 is 0 Å². The molecule has 3 aliphatic rings. The Bertz CT molecular complexity index is 1600. The summed E-state index contributed by atoms with van der Waals surface area (Å²) >= 11 is 0. The van der Waals surface area contributed by atoms with Crippen LogP contribution in [0.5, 0.6) is 5.75 Å². The standard InChI is InChI=1S/C31H31N7O2/c1-4-21-5-7-24(33-14-21)9-10-37-25-11-26(37)18-36(17-25)29-8-6-22(15-34-29)28-12-27(40-20-31(2,3)39)19-38-30(28)23(13-32)16-35-38/h1,5-8,12,14-16,19,25-26,39H,9-11,17-18,20H2,2-3H3. The first kappa shape index (κ1) is 25.8. The third kappa shape index (κ3) is 5.10. The summed E-state index contributed by atoms with van der Waals surface area (Å²) in [7, 11) is 0. The van der Waals surface area contributed by atoms with E-state index in [9.17, 15) is 10.4 Å². The van der Waals surface area contributed by atoms with Gasteiger partial charge in [-0.25, -0.2) is 9.50 Å². The molecule has 0 aliphatic carbocycles. The van der Waals surface area contributed by atoms with Crippen molar-refractivity contribution in [2.45, 2.75) is 44.4 Å². The topological polar surface area (TPSA) is 103 Å². The molecule has 9 nitrogen and oxygen atoms in total. The first-order valence-electron chi connectivity index (χ1n) is 13.5. The molecule has 7 rings (SSSR count). The molecule has 3 aliphatic heterocycles. The summed E-state index contributed by atoms with van der Waals surface area (Å²) in [4.78, 5) is 14.3. The highest BCUT2D eigenvalue weighted by Crippen LogP contribution is 2.35. The average Bonchev–Trinajstić information content (AvgIpc) is 3.39. The first-order valence-corrected chi connectivity index (χ1v) is 13.5. The molecule has 2 unspecified atom stereocenters. The molecule has 3 fully saturated rings. The van der Waals surface area contributed by atoms with E-state index >= 15 is 0 Å². The van der Waals surface area contributed by atoms with Crippen LogP contribution in [0.4, 0.5) is 5.82 Å². The Balaban J connectivity index is 1.16. The van der Waals surface area contributed by atoms with Crippen molar-refractivity contribution in [3.63, 3.8) is 0 Å². The number of hydrogen-bond donors (Lipinski definition) is 1. The van der Waals surface area contributed by atoms with Gasteiger partial charge in [-0.3, -0.25) is 9.88 Å². The molecule has 0 amide bonds. The molecule has 4 aromatic heterocycles. The summed E-state index contributed by atoms with van der Waals surface area (Å²) in [5.74, 6) is 4.12. The van der Waals surface area contributed by atoms with Crippen LogP contribution in [0.3, 0.4) is 0 Å². The van der Waals surface area contributed by atoms with E-state index in [4.69, 9.17) is 16.1 Å². The smallest absolute Gasteiger partial charge is 0.138 e. The predicted octanol–water partition coefficient (Wildman–Crippen LogP) is 3.30. The Morgan fingerprint density at radius 2 is 1.95 bits per heavy atom. The summed E-state index contributed by atoms with van der Waals surface area (Å²) in [5.41, 5.74) is 3.75. The van der Waals surface area contributed by atoms with Crippen molar-refractivity contribution >= 4 is 11.3 Å². The molecule has 1 N–H and O–H groups in total. The van der Waals surface area contributed by atoms with Crippen LogP contribution in [-0.4, -0.2) is 73.5 Å². The summed E-state index contributed by atoms with van der Waals surface area (Å²) in [6, 6.07) is 13.2. The van der Waals surface area contributed by atoms with Crippen molar-refractivity contribution in [2.75, 3.05) is 31.1 Å². The van der Waals surface area contributed by atoms with Crippen molar-refractivity contribution in [3.05, 3.63) is 71.9 Å². The van der Waals surface area contributed by atoms with Gasteiger partial charge in [-0.05, 0) is 50.6 Å². The van der Waals surface area contributed by atoms with Crippen molar-refractivity contribution < 1.29 is 9.84 Å². The van der Waals surface area contributed by atoms with Crippen molar-refractivity contribution in [1.29, 1.82) is 5.26 Å². The van der Waals surface area contributed by atoms with Gasteiger partial charge < -0.3 is 14.7 Å². The van der Waals surface area contributed by atoms with Gasteiger partial charge in [0.05, 0.1) is 29.1 Å². The van der Waals surface area contributed by atoms with Gasteiger partial charge in [-0.15, -0.1) is 6.42 Å². The molecular formula is C31H31N7O2. The quantitative estimate of drug-likeness (QED) is 0.344. The van der Waals surface area contributed by atoms with Gasteiger partial charge in [0.15, 0.2) is 0 Å². The minimum Gasteiger partial charge on any atom is -0.489 e. The van der Waals surface area contributed by atoms with Gasteiger partial charge in [0.1, 0.15) is 24.2 Å². The van der Waals surface area contributed by atoms with Crippen LogP contribution in [0.2, 0.25) is 0 Å². The summed E-state index contributed by atoms with van der Waals surface area (Å²) in [6.45, 7) is 6.39. The number of pyridine rings is 3. The Labute approximate surface area is 233 Å². The van der Waals surface area contributed by atoms with Crippen LogP contribution in [-0.2, 0) is 6.42 Å². The lowest BCUT2D eigenvalue weighted by atomic mass is 9.87. The number of fused-ring (bicyclic) bond motifs is 3. The number of rotatable bonds is 8. The Morgan fingerprint density at radius 1 is 1.12 bits per heavy atom. The third-order valence-electron chi connectivity index (χ3n) is 7.64. The number of hydrogen-bond acceptors (Lipinski definition) is 8. The molecule has 4 aromatic rings. The maximum Gasteiger partial charge on any atom is 0.138 e.